The van der Waals surface area contributed by atoms with Crippen molar-refractivity contribution in [2.24, 2.45) is 0 Å². The third kappa shape index (κ3) is 3.60. The Labute approximate surface area is 119 Å². The summed E-state index contributed by atoms with van der Waals surface area (Å²) in [6, 6.07) is 7.59. The van der Waals surface area contributed by atoms with Gasteiger partial charge in [0.1, 0.15) is 5.82 Å². The van der Waals surface area contributed by atoms with Crippen LogP contribution in [-0.2, 0) is 6.54 Å². The largest absolute Gasteiger partial charge is 0.473 e. The van der Waals surface area contributed by atoms with E-state index in [9.17, 15) is 0 Å². The number of nitrogens with zero attached hydrogens (tertiary/aromatic N) is 2. The monoisotopic (exact) mass is 272 g/mol. The van der Waals surface area contributed by atoms with Gasteiger partial charge in [0.25, 0.3) is 0 Å². The molecule has 3 N–H and O–H groups in total. The molecule has 0 amide bonds. The SMILES string of the molecule is Cc1cccnc1CNc1ccc(N)c(OC(C)C)n1. The summed E-state index contributed by atoms with van der Waals surface area (Å²) < 4.78 is 5.57. The molecule has 0 unspecified atom stereocenters. The Morgan fingerprint density at radius 3 is 2.80 bits per heavy atom. The number of hydrogen-bond donors (Lipinski definition) is 2. The second-order valence-electron chi connectivity index (χ2n) is 4.88. The zero-order chi connectivity index (χ0) is 14.5. The maximum Gasteiger partial charge on any atom is 0.239 e. The Kier molecular flexibility index (Phi) is 4.40. The Morgan fingerprint density at radius 1 is 1.30 bits per heavy atom. The van der Waals surface area contributed by atoms with Gasteiger partial charge in [0.15, 0.2) is 0 Å². The van der Waals surface area contributed by atoms with Crippen molar-refractivity contribution < 1.29 is 4.74 Å². The quantitative estimate of drug-likeness (QED) is 0.875. The third-order valence-electron chi connectivity index (χ3n) is 2.79. The van der Waals surface area contributed by atoms with Gasteiger partial charge < -0.3 is 15.8 Å². The van der Waals surface area contributed by atoms with Crippen molar-refractivity contribution in [3.05, 3.63) is 41.7 Å². The van der Waals surface area contributed by atoms with E-state index in [1.54, 1.807) is 12.3 Å². The molecule has 0 saturated heterocycles. The van der Waals surface area contributed by atoms with Crippen molar-refractivity contribution in [1.82, 2.24) is 9.97 Å². The molecule has 0 aliphatic rings. The van der Waals surface area contributed by atoms with Gasteiger partial charge in [-0.15, -0.1) is 0 Å². The van der Waals surface area contributed by atoms with E-state index in [0.29, 0.717) is 18.1 Å². The fourth-order valence-electron chi connectivity index (χ4n) is 1.75. The number of hydrogen-bond acceptors (Lipinski definition) is 5. The van der Waals surface area contributed by atoms with E-state index >= 15 is 0 Å². The molecule has 5 heteroatoms. The lowest BCUT2D eigenvalue weighted by Gasteiger charge is -2.13. The van der Waals surface area contributed by atoms with E-state index in [2.05, 4.69) is 15.3 Å². The molecule has 20 heavy (non-hydrogen) atoms. The van der Waals surface area contributed by atoms with Gasteiger partial charge in [0, 0.05) is 6.20 Å². The number of pyridine rings is 2. The van der Waals surface area contributed by atoms with Crippen LogP contribution >= 0.6 is 0 Å². The molecule has 0 aliphatic heterocycles. The summed E-state index contributed by atoms with van der Waals surface area (Å²) in [4.78, 5) is 8.71. The van der Waals surface area contributed by atoms with Crippen molar-refractivity contribution >= 4 is 11.5 Å². The van der Waals surface area contributed by atoms with E-state index in [-0.39, 0.29) is 6.10 Å². The third-order valence-corrected chi connectivity index (χ3v) is 2.79. The van der Waals surface area contributed by atoms with Crippen LogP contribution in [-0.4, -0.2) is 16.1 Å². The predicted molar refractivity (Wildman–Crippen MR) is 80.7 cm³/mol. The lowest BCUT2D eigenvalue weighted by Crippen LogP contribution is -2.11. The van der Waals surface area contributed by atoms with Gasteiger partial charge in [0.05, 0.1) is 24.0 Å². The number of nitrogen functional groups attached to an aromatic ring is 1. The molecule has 0 aromatic carbocycles. The number of aryl methyl sites for hydroxylation is 1. The average Bonchev–Trinajstić information content (AvgIpc) is 2.40. The summed E-state index contributed by atoms with van der Waals surface area (Å²) in [7, 11) is 0. The van der Waals surface area contributed by atoms with Gasteiger partial charge in [0.2, 0.25) is 5.88 Å². The molecular weight excluding hydrogens is 252 g/mol. The minimum absolute atomic E-state index is 0.0399. The van der Waals surface area contributed by atoms with Crippen molar-refractivity contribution in [3.8, 4) is 5.88 Å². The molecule has 2 aromatic rings. The van der Waals surface area contributed by atoms with Crippen LogP contribution in [0.4, 0.5) is 11.5 Å². The van der Waals surface area contributed by atoms with Gasteiger partial charge in [-0.2, -0.15) is 4.98 Å². The Bertz CT molecular complexity index is 584. The van der Waals surface area contributed by atoms with Crippen LogP contribution in [0.2, 0.25) is 0 Å². The molecule has 2 aromatic heterocycles. The minimum Gasteiger partial charge on any atom is -0.473 e. The lowest BCUT2D eigenvalue weighted by atomic mass is 10.2. The highest BCUT2D eigenvalue weighted by Crippen LogP contribution is 2.22. The maximum atomic E-state index is 5.84. The molecular formula is C15H20N4O. The summed E-state index contributed by atoms with van der Waals surface area (Å²) in [6.45, 7) is 6.54. The molecule has 0 spiro atoms. The van der Waals surface area contributed by atoms with Crippen LogP contribution in [0.15, 0.2) is 30.5 Å². The molecule has 2 rings (SSSR count). The zero-order valence-electron chi connectivity index (χ0n) is 12.1. The van der Waals surface area contributed by atoms with Crippen LogP contribution in [0.1, 0.15) is 25.1 Å². The second kappa shape index (κ2) is 6.23. The van der Waals surface area contributed by atoms with Gasteiger partial charge in [-0.25, -0.2) is 0 Å². The minimum atomic E-state index is 0.0399. The van der Waals surface area contributed by atoms with E-state index in [1.165, 1.54) is 0 Å². The highest BCUT2D eigenvalue weighted by molar-refractivity contribution is 5.53. The molecule has 0 atom stereocenters. The Morgan fingerprint density at radius 2 is 2.10 bits per heavy atom. The first-order valence-corrected chi connectivity index (χ1v) is 6.64. The molecule has 0 radical (unpaired) electrons. The number of ether oxygens (including phenoxy) is 1. The Hall–Kier alpha value is -2.30. The standard InChI is InChI=1S/C15H20N4O/c1-10(2)20-15-12(16)6-7-14(19-15)18-9-13-11(3)5-4-8-17-13/h4-8,10H,9,16H2,1-3H3,(H,18,19). The van der Waals surface area contributed by atoms with E-state index < -0.39 is 0 Å². The van der Waals surface area contributed by atoms with E-state index in [4.69, 9.17) is 10.5 Å². The first-order valence-electron chi connectivity index (χ1n) is 6.64. The average molecular weight is 272 g/mol. The topological polar surface area (TPSA) is 73.1 Å². The molecule has 2 heterocycles. The summed E-state index contributed by atoms with van der Waals surface area (Å²) in [5, 5.41) is 3.23. The van der Waals surface area contributed by atoms with Crippen molar-refractivity contribution in [1.29, 1.82) is 0 Å². The summed E-state index contributed by atoms with van der Waals surface area (Å²) in [6.07, 6.45) is 1.83. The van der Waals surface area contributed by atoms with Crippen LogP contribution < -0.4 is 15.8 Å². The molecule has 0 aliphatic carbocycles. The highest BCUT2D eigenvalue weighted by Gasteiger charge is 2.07. The predicted octanol–water partition coefficient (Wildman–Crippen LogP) is 2.77. The van der Waals surface area contributed by atoms with Gasteiger partial charge in [-0.3, -0.25) is 4.98 Å². The number of nitrogens with two attached hydrogens (primary N) is 1. The summed E-state index contributed by atoms with van der Waals surface area (Å²) in [5.41, 5.74) is 8.53. The maximum absolute atomic E-state index is 5.84. The van der Waals surface area contributed by atoms with Crippen LogP contribution in [0.5, 0.6) is 5.88 Å². The van der Waals surface area contributed by atoms with Gasteiger partial charge >= 0.3 is 0 Å². The number of aromatic nitrogens is 2. The number of rotatable bonds is 5. The van der Waals surface area contributed by atoms with Crippen LogP contribution in [0, 0.1) is 6.92 Å². The van der Waals surface area contributed by atoms with Gasteiger partial charge in [-0.1, -0.05) is 6.07 Å². The fraction of sp³-hybridized carbons (Fsp3) is 0.333. The molecule has 5 nitrogen and oxygen atoms in total. The van der Waals surface area contributed by atoms with Crippen LogP contribution in [0.3, 0.4) is 0 Å². The summed E-state index contributed by atoms with van der Waals surface area (Å²) in [5.74, 6) is 1.18. The Balaban J connectivity index is 2.08. The molecule has 0 bridgehead atoms. The smallest absolute Gasteiger partial charge is 0.239 e. The van der Waals surface area contributed by atoms with Crippen LogP contribution in [0.25, 0.3) is 0 Å². The van der Waals surface area contributed by atoms with E-state index in [0.717, 1.165) is 17.1 Å². The summed E-state index contributed by atoms with van der Waals surface area (Å²) >= 11 is 0. The fourth-order valence-corrected chi connectivity index (χ4v) is 1.75. The van der Waals surface area contributed by atoms with E-state index in [1.807, 2.05) is 39.0 Å². The lowest BCUT2D eigenvalue weighted by molar-refractivity contribution is 0.234. The highest BCUT2D eigenvalue weighted by atomic mass is 16.5. The molecule has 106 valence electrons. The second-order valence-corrected chi connectivity index (χ2v) is 4.88. The normalized spacial score (nSPS) is 10.6. The van der Waals surface area contributed by atoms with Crippen molar-refractivity contribution in [2.45, 2.75) is 33.4 Å². The van der Waals surface area contributed by atoms with Crippen molar-refractivity contribution in [3.63, 3.8) is 0 Å². The first-order chi connectivity index (χ1) is 9.56. The van der Waals surface area contributed by atoms with Gasteiger partial charge in [-0.05, 0) is 44.5 Å². The molecule has 0 fully saturated rings. The number of nitrogens with one attached hydrogen (secondary N) is 1. The first kappa shape index (κ1) is 14.1. The zero-order valence-corrected chi connectivity index (χ0v) is 12.1. The molecule has 0 saturated carbocycles. The number of anilines is 2. The van der Waals surface area contributed by atoms with Crippen molar-refractivity contribution in [2.75, 3.05) is 11.1 Å².